The third-order valence-corrected chi connectivity index (χ3v) is 10.9. The molecule has 192 valence electrons. The maximum atomic E-state index is 4.14. The van der Waals surface area contributed by atoms with E-state index in [2.05, 4.69) is 121 Å². The summed E-state index contributed by atoms with van der Waals surface area (Å²) >= 11 is 0. The van der Waals surface area contributed by atoms with E-state index in [0.717, 1.165) is 12.7 Å². The van der Waals surface area contributed by atoms with Crippen molar-refractivity contribution in [2.24, 2.45) is 11.8 Å². The molecule has 1 aromatic carbocycles. The Kier molecular flexibility index (Phi) is 8.63. The van der Waals surface area contributed by atoms with Gasteiger partial charge in [-0.15, -0.1) is 6.58 Å². The summed E-state index contributed by atoms with van der Waals surface area (Å²) in [6.07, 6.45) is 9.54. The molecule has 2 aliphatic rings. The zero-order valence-electron chi connectivity index (χ0n) is 24.2. The van der Waals surface area contributed by atoms with E-state index in [1.165, 1.54) is 46.2 Å². The molecule has 1 heterocycles. The minimum atomic E-state index is -1.75. The third kappa shape index (κ3) is 5.55. The average Bonchev–Trinajstić information content (AvgIpc) is 3.23. The lowest BCUT2D eigenvalue weighted by molar-refractivity contribution is 0.468. The van der Waals surface area contributed by atoms with Crippen molar-refractivity contribution in [3.8, 4) is 0 Å². The van der Waals surface area contributed by atoms with Crippen molar-refractivity contribution < 1.29 is 0 Å². The number of para-hydroxylation sites is 1. The average molecular weight is 491 g/mol. The van der Waals surface area contributed by atoms with Crippen molar-refractivity contribution in [2.45, 2.75) is 99.2 Å². The van der Waals surface area contributed by atoms with Gasteiger partial charge in [-0.3, -0.25) is 0 Å². The van der Waals surface area contributed by atoms with Gasteiger partial charge in [0.25, 0.3) is 0 Å². The van der Waals surface area contributed by atoms with E-state index < -0.39 is 8.07 Å². The molecule has 0 radical (unpaired) electrons. The number of allylic oxidation sites excluding steroid dienone is 4. The van der Waals surface area contributed by atoms with Crippen LogP contribution in [-0.2, 0) is 0 Å². The zero-order chi connectivity index (χ0) is 26.1. The molecule has 1 aliphatic heterocycles. The standard InChI is InChI=1S/C32H50N2Si/c1-12-19-35(10,11)30-20-33(31-26(22(2)3)15-13-16-27(31)23(4)5)21-34(30)32-28(24(6)7)17-14-18-29(32)25(8)9/h12,14-15,17-18,20,22-25H,1,13,16,19,21H2,2-11H3. The van der Waals surface area contributed by atoms with Gasteiger partial charge in [-0.1, -0.05) is 98.8 Å². The van der Waals surface area contributed by atoms with E-state index >= 15 is 0 Å². The number of hydrogen-bond acceptors (Lipinski definition) is 2. The molecule has 2 nitrogen and oxygen atoms in total. The normalized spacial score (nSPS) is 17.3. The molecule has 0 N–H and O–H groups in total. The molecule has 0 saturated heterocycles. The highest BCUT2D eigenvalue weighted by Crippen LogP contribution is 2.45. The molecule has 1 aliphatic carbocycles. The third-order valence-electron chi connectivity index (χ3n) is 7.78. The van der Waals surface area contributed by atoms with Gasteiger partial charge >= 0.3 is 0 Å². The summed E-state index contributed by atoms with van der Waals surface area (Å²) < 4.78 is 0. The summed E-state index contributed by atoms with van der Waals surface area (Å²) in [6.45, 7) is 28.9. The summed E-state index contributed by atoms with van der Waals surface area (Å²) in [5.74, 6) is 2.05. The van der Waals surface area contributed by atoms with Crippen molar-refractivity contribution in [1.82, 2.24) is 4.90 Å². The number of benzene rings is 1. The minimum absolute atomic E-state index is 0.481. The summed E-state index contributed by atoms with van der Waals surface area (Å²) in [5.41, 5.74) is 9.04. The van der Waals surface area contributed by atoms with Gasteiger partial charge < -0.3 is 9.80 Å². The second-order valence-electron chi connectivity index (χ2n) is 12.4. The second-order valence-corrected chi connectivity index (χ2v) is 17.1. The Balaban J connectivity index is 2.26. The summed E-state index contributed by atoms with van der Waals surface area (Å²) in [6, 6.07) is 8.06. The molecule has 0 saturated carbocycles. The summed E-state index contributed by atoms with van der Waals surface area (Å²) in [4.78, 5) is 5.33. The SMILES string of the molecule is C=CC[Si](C)(C)C1=CN(C2=C(C(C)C)CCC=C2C(C)C)CN1c1c(C(C)C)cccc1C(C)C. The lowest BCUT2D eigenvalue weighted by atomic mass is 9.84. The molecule has 1 aromatic rings. The first-order chi connectivity index (χ1) is 16.4. The van der Waals surface area contributed by atoms with Gasteiger partial charge in [0.05, 0.1) is 6.67 Å². The second kappa shape index (κ2) is 10.9. The topological polar surface area (TPSA) is 6.48 Å². The highest BCUT2D eigenvalue weighted by molar-refractivity contribution is 6.85. The number of hydrogen-bond donors (Lipinski definition) is 0. The van der Waals surface area contributed by atoms with Crippen molar-refractivity contribution in [2.75, 3.05) is 11.6 Å². The van der Waals surface area contributed by atoms with Crippen LogP contribution in [-0.4, -0.2) is 19.6 Å². The van der Waals surface area contributed by atoms with Crippen molar-refractivity contribution in [3.05, 3.63) is 76.4 Å². The Labute approximate surface area is 217 Å². The van der Waals surface area contributed by atoms with E-state index in [1.807, 2.05) is 0 Å². The van der Waals surface area contributed by atoms with Crippen LogP contribution in [0.3, 0.4) is 0 Å². The van der Waals surface area contributed by atoms with Crippen LogP contribution in [0.4, 0.5) is 5.69 Å². The van der Waals surface area contributed by atoms with Crippen LogP contribution in [0.2, 0.25) is 19.1 Å². The predicted octanol–water partition coefficient (Wildman–Crippen LogP) is 9.57. The highest BCUT2D eigenvalue weighted by atomic mass is 28.3. The molecule has 3 heteroatoms. The largest absolute Gasteiger partial charge is 0.329 e. The Morgan fingerprint density at radius 1 is 0.914 bits per heavy atom. The first-order valence-electron chi connectivity index (χ1n) is 13.8. The quantitative estimate of drug-likeness (QED) is 0.251. The van der Waals surface area contributed by atoms with Gasteiger partial charge in [-0.25, -0.2) is 0 Å². The fourth-order valence-corrected chi connectivity index (χ4v) is 8.20. The molecule has 3 rings (SSSR count). The van der Waals surface area contributed by atoms with Gasteiger partial charge in [-0.05, 0) is 64.8 Å². The Bertz CT molecular complexity index is 994. The molecule has 0 atom stereocenters. The van der Waals surface area contributed by atoms with Crippen LogP contribution < -0.4 is 4.90 Å². The maximum absolute atomic E-state index is 4.14. The van der Waals surface area contributed by atoms with Crippen LogP contribution in [0.15, 0.2) is 65.3 Å². The maximum Gasteiger partial charge on any atom is 0.107 e. The summed E-state index contributed by atoms with van der Waals surface area (Å²) in [5, 5.41) is 1.54. The van der Waals surface area contributed by atoms with Crippen molar-refractivity contribution in [3.63, 3.8) is 0 Å². The molecule has 0 fully saturated rings. The molecule has 0 amide bonds. The van der Waals surface area contributed by atoms with Crippen LogP contribution in [0, 0.1) is 11.8 Å². The highest BCUT2D eigenvalue weighted by Gasteiger charge is 2.39. The number of anilines is 1. The fraction of sp³-hybridized carbons (Fsp3) is 0.562. The lowest BCUT2D eigenvalue weighted by Gasteiger charge is -2.37. The van der Waals surface area contributed by atoms with Gasteiger partial charge in [0.1, 0.15) is 8.07 Å². The van der Waals surface area contributed by atoms with Gasteiger partial charge in [0.2, 0.25) is 0 Å². The molecule has 35 heavy (non-hydrogen) atoms. The molecule has 0 unspecified atom stereocenters. The van der Waals surface area contributed by atoms with E-state index in [-0.39, 0.29) is 0 Å². The van der Waals surface area contributed by atoms with Gasteiger partial charge in [-0.2, -0.15) is 0 Å². The van der Waals surface area contributed by atoms with E-state index in [9.17, 15) is 0 Å². The zero-order valence-corrected chi connectivity index (χ0v) is 25.2. The van der Waals surface area contributed by atoms with Crippen LogP contribution in [0.25, 0.3) is 0 Å². The number of rotatable bonds is 9. The molecule has 0 spiro atoms. The first kappa shape index (κ1) is 27.6. The Hall–Kier alpha value is -2.00. The van der Waals surface area contributed by atoms with Crippen molar-refractivity contribution in [1.29, 1.82) is 0 Å². The van der Waals surface area contributed by atoms with Gasteiger partial charge in [0, 0.05) is 22.9 Å². The first-order valence-corrected chi connectivity index (χ1v) is 17.0. The van der Waals surface area contributed by atoms with Crippen LogP contribution in [0.5, 0.6) is 0 Å². The van der Waals surface area contributed by atoms with E-state index in [0.29, 0.717) is 23.7 Å². The van der Waals surface area contributed by atoms with Crippen molar-refractivity contribution >= 4 is 13.8 Å². The molecule has 0 bridgehead atoms. The minimum Gasteiger partial charge on any atom is -0.329 e. The van der Waals surface area contributed by atoms with E-state index in [1.54, 1.807) is 5.57 Å². The smallest absolute Gasteiger partial charge is 0.107 e. The molecular formula is C32H50N2Si. The predicted molar refractivity (Wildman–Crippen MR) is 158 cm³/mol. The van der Waals surface area contributed by atoms with E-state index in [4.69, 9.17) is 0 Å². The summed E-state index contributed by atoms with van der Waals surface area (Å²) in [7, 11) is -1.75. The fourth-order valence-electron chi connectivity index (χ4n) is 5.85. The number of nitrogens with zero attached hydrogens (tertiary/aromatic N) is 2. The van der Waals surface area contributed by atoms with Crippen LogP contribution in [0.1, 0.15) is 91.2 Å². The monoisotopic (exact) mass is 490 g/mol. The molecule has 0 aromatic heterocycles. The Morgan fingerprint density at radius 3 is 2.00 bits per heavy atom. The lowest BCUT2D eigenvalue weighted by Crippen LogP contribution is -2.39. The van der Waals surface area contributed by atoms with Crippen LogP contribution >= 0.6 is 0 Å². The van der Waals surface area contributed by atoms with Gasteiger partial charge in [0.15, 0.2) is 0 Å². The molecular weight excluding hydrogens is 440 g/mol. The Morgan fingerprint density at radius 2 is 1.51 bits per heavy atom.